The molecule has 2 rings (SSSR count). The largest absolute Gasteiger partial charge is 0.472 e. The lowest BCUT2D eigenvalue weighted by Gasteiger charge is -2.03. The van der Waals surface area contributed by atoms with Gasteiger partial charge in [-0.1, -0.05) is 13.8 Å². The van der Waals surface area contributed by atoms with Gasteiger partial charge in [-0.3, -0.25) is 9.97 Å². The highest BCUT2D eigenvalue weighted by Gasteiger charge is 2.03. The standard InChI is InChI=1S/C11H12N2O/c1-8(2)10-5-13-11(6-12-10)9-3-4-14-7-9/h3-8H,1-2H3. The smallest absolute Gasteiger partial charge is 0.0997 e. The number of hydrogen-bond acceptors (Lipinski definition) is 3. The van der Waals surface area contributed by atoms with Gasteiger partial charge in [-0.05, 0) is 12.0 Å². The van der Waals surface area contributed by atoms with Gasteiger partial charge in [-0.15, -0.1) is 0 Å². The van der Waals surface area contributed by atoms with Crippen LogP contribution in [0.4, 0.5) is 0 Å². The molecule has 0 aliphatic rings. The molecule has 0 N–H and O–H groups in total. The highest BCUT2D eigenvalue weighted by molar-refractivity contribution is 5.55. The first-order valence-electron chi connectivity index (χ1n) is 4.62. The second-order valence-corrected chi connectivity index (χ2v) is 3.49. The van der Waals surface area contributed by atoms with E-state index in [1.165, 1.54) is 0 Å². The second kappa shape index (κ2) is 3.62. The van der Waals surface area contributed by atoms with Crippen molar-refractivity contribution in [2.24, 2.45) is 0 Å². The lowest BCUT2D eigenvalue weighted by molar-refractivity contribution is 0.568. The monoisotopic (exact) mass is 188 g/mol. The Hall–Kier alpha value is -1.64. The van der Waals surface area contributed by atoms with Crippen molar-refractivity contribution in [3.05, 3.63) is 36.7 Å². The Morgan fingerprint density at radius 3 is 2.57 bits per heavy atom. The minimum atomic E-state index is 0.417. The molecule has 72 valence electrons. The van der Waals surface area contributed by atoms with Gasteiger partial charge in [0.25, 0.3) is 0 Å². The van der Waals surface area contributed by atoms with E-state index in [0.717, 1.165) is 17.0 Å². The molecule has 0 radical (unpaired) electrons. The van der Waals surface area contributed by atoms with Gasteiger partial charge >= 0.3 is 0 Å². The fraction of sp³-hybridized carbons (Fsp3) is 0.273. The van der Waals surface area contributed by atoms with Crippen LogP contribution in [0.2, 0.25) is 0 Å². The number of hydrogen-bond donors (Lipinski definition) is 0. The summed E-state index contributed by atoms with van der Waals surface area (Å²) >= 11 is 0. The van der Waals surface area contributed by atoms with Crippen LogP contribution in [0.5, 0.6) is 0 Å². The molecule has 3 heteroatoms. The van der Waals surface area contributed by atoms with E-state index in [4.69, 9.17) is 4.42 Å². The summed E-state index contributed by atoms with van der Waals surface area (Å²) in [6, 6.07) is 1.87. The van der Waals surface area contributed by atoms with Gasteiger partial charge in [0.1, 0.15) is 0 Å². The molecule has 0 spiro atoms. The van der Waals surface area contributed by atoms with E-state index in [2.05, 4.69) is 23.8 Å². The third-order valence-corrected chi connectivity index (χ3v) is 2.08. The molecule has 0 aromatic carbocycles. The van der Waals surface area contributed by atoms with Gasteiger partial charge in [0.15, 0.2) is 0 Å². The topological polar surface area (TPSA) is 38.9 Å². The third kappa shape index (κ3) is 1.66. The van der Waals surface area contributed by atoms with E-state index < -0.39 is 0 Å². The first-order chi connectivity index (χ1) is 6.77. The molecule has 0 atom stereocenters. The first kappa shape index (κ1) is 8.94. The predicted octanol–water partition coefficient (Wildman–Crippen LogP) is 2.86. The minimum absolute atomic E-state index is 0.417. The minimum Gasteiger partial charge on any atom is -0.472 e. The molecule has 0 fully saturated rings. The zero-order valence-electron chi connectivity index (χ0n) is 8.27. The maximum Gasteiger partial charge on any atom is 0.0997 e. The van der Waals surface area contributed by atoms with Crippen LogP contribution in [-0.4, -0.2) is 9.97 Å². The SMILES string of the molecule is CC(C)c1cnc(-c2ccoc2)cn1. The van der Waals surface area contributed by atoms with Crippen molar-refractivity contribution in [3.63, 3.8) is 0 Å². The Bertz CT molecular complexity index is 390. The van der Waals surface area contributed by atoms with Gasteiger partial charge in [-0.2, -0.15) is 0 Å². The lowest BCUT2D eigenvalue weighted by atomic mass is 10.1. The molecule has 2 heterocycles. The first-order valence-corrected chi connectivity index (χ1v) is 4.62. The van der Waals surface area contributed by atoms with Crippen molar-refractivity contribution in [1.29, 1.82) is 0 Å². The summed E-state index contributed by atoms with van der Waals surface area (Å²) in [5.41, 5.74) is 2.83. The summed E-state index contributed by atoms with van der Waals surface area (Å²) in [5.74, 6) is 0.417. The number of furan rings is 1. The van der Waals surface area contributed by atoms with Gasteiger partial charge in [0.2, 0.25) is 0 Å². The number of aromatic nitrogens is 2. The van der Waals surface area contributed by atoms with Crippen molar-refractivity contribution < 1.29 is 4.42 Å². The molecule has 14 heavy (non-hydrogen) atoms. The third-order valence-electron chi connectivity index (χ3n) is 2.08. The Kier molecular flexibility index (Phi) is 2.31. The zero-order chi connectivity index (χ0) is 9.97. The van der Waals surface area contributed by atoms with Crippen molar-refractivity contribution in [2.45, 2.75) is 19.8 Å². The second-order valence-electron chi connectivity index (χ2n) is 3.49. The summed E-state index contributed by atoms with van der Waals surface area (Å²) < 4.78 is 4.98. The Balaban J connectivity index is 2.31. The maximum atomic E-state index is 4.98. The van der Waals surface area contributed by atoms with E-state index >= 15 is 0 Å². The van der Waals surface area contributed by atoms with Gasteiger partial charge < -0.3 is 4.42 Å². The van der Waals surface area contributed by atoms with Crippen molar-refractivity contribution >= 4 is 0 Å². The molecule has 2 aromatic rings. The molecule has 2 aromatic heterocycles. The molecular weight excluding hydrogens is 176 g/mol. The van der Waals surface area contributed by atoms with E-state index in [-0.39, 0.29) is 0 Å². The van der Waals surface area contributed by atoms with Crippen LogP contribution in [0.25, 0.3) is 11.3 Å². The summed E-state index contributed by atoms with van der Waals surface area (Å²) in [4.78, 5) is 8.65. The molecule has 0 unspecified atom stereocenters. The van der Waals surface area contributed by atoms with Gasteiger partial charge in [0, 0.05) is 11.8 Å². The van der Waals surface area contributed by atoms with Crippen LogP contribution >= 0.6 is 0 Å². The highest BCUT2D eigenvalue weighted by atomic mass is 16.3. The number of nitrogens with zero attached hydrogens (tertiary/aromatic N) is 2. The Morgan fingerprint density at radius 2 is 2.07 bits per heavy atom. The van der Waals surface area contributed by atoms with Gasteiger partial charge in [0.05, 0.1) is 30.1 Å². The van der Waals surface area contributed by atoms with E-state index in [9.17, 15) is 0 Å². The fourth-order valence-electron chi connectivity index (χ4n) is 1.20. The molecule has 3 nitrogen and oxygen atoms in total. The quantitative estimate of drug-likeness (QED) is 0.727. The van der Waals surface area contributed by atoms with Crippen LogP contribution in [0.15, 0.2) is 35.4 Å². The lowest BCUT2D eigenvalue weighted by Crippen LogP contribution is -1.94. The molecule has 0 saturated heterocycles. The summed E-state index contributed by atoms with van der Waals surface area (Å²) in [7, 11) is 0. The predicted molar refractivity (Wildman–Crippen MR) is 53.8 cm³/mol. The summed E-state index contributed by atoms with van der Waals surface area (Å²) in [6.45, 7) is 4.20. The van der Waals surface area contributed by atoms with Crippen LogP contribution in [0, 0.1) is 0 Å². The normalized spacial score (nSPS) is 10.8. The summed E-state index contributed by atoms with van der Waals surface area (Å²) in [6.07, 6.45) is 6.89. The van der Waals surface area contributed by atoms with E-state index in [1.54, 1.807) is 18.7 Å². The van der Waals surface area contributed by atoms with Crippen LogP contribution < -0.4 is 0 Å². The fourth-order valence-corrected chi connectivity index (χ4v) is 1.20. The van der Waals surface area contributed by atoms with Crippen molar-refractivity contribution in [3.8, 4) is 11.3 Å². The van der Waals surface area contributed by atoms with Crippen molar-refractivity contribution in [2.75, 3.05) is 0 Å². The average molecular weight is 188 g/mol. The maximum absolute atomic E-state index is 4.98. The van der Waals surface area contributed by atoms with E-state index in [1.807, 2.05) is 12.3 Å². The van der Waals surface area contributed by atoms with Crippen molar-refractivity contribution in [1.82, 2.24) is 9.97 Å². The zero-order valence-corrected chi connectivity index (χ0v) is 8.27. The van der Waals surface area contributed by atoms with Crippen LogP contribution in [0.1, 0.15) is 25.5 Å². The Labute approximate surface area is 82.8 Å². The van der Waals surface area contributed by atoms with Gasteiger partial charge in [-0.25, -0.2) is 0 Å². The molecule has 0 saturated carbocycles. The molecule has 0 aliphatic heterocycles. The highest BCUT2D eigenvalue weighted by Crippen LogP contribution is 2.17. The Morgan fingerprint density at radius 1 is 1.21 bits per heavy atom. The average Bonchev–Trinajstić information content (AvgIpc) is 2.71. The molecule has 0 aliphatic carbocycles. The van der Waals surface area contributed by atoms with Crippen LogP contribution in [0.3, 0.4) is 0 Å². The molecular formula is C11H12N2O. The molecule has 0 bridgehead atoms. The molecule has 0 amide bonds. The van der Waals surface area contributed by atoms with E-state index in [0.29, 0.717) is 5.92 Å². The van der Waals surface area contributed by atoms with Crippen LogP contribution in [-0.2, 0) is 0 Å². The summed E-state index contributed by atoms with van der Waals surface area (Å²) in [5, 5.41) is 0. The number of rotatable bonds is 2.